The summed E-state index contributed by atoms with van der Waals surface area (Å²) < 4.78 is 0. The fraction of sp³-hybridized carbons (Fsp3) is 1.00. The van der Waals surface area contributed by atoms with Crippen molar-refractivity contribution in [1.29, 1.82) is 0 Å². The van der Waals surface area contributed by atoms with Gasteiger partial charge in [-0.1, -0.05) is 20.3 Å². The molecule has 0 saturated carbocycles. The van der Waals surface area contributed by atoms with Gasteiger partial charge in [-0.15, -0.1) is 0 Å². The lowest BCUT2D eigenvalue weighted by Crippen LogP contribution is -2.52. The van der Waals surface area contributed by atoms with Gasteiger partial charge in [0, 0.05) is 12.6 Å². The Morgan fingerprint density at radius 1 is 1.33 bits per heavy atom. The lowest BCUT2D eigenvalue weighted by atomic mass is 9.94. The Bertz CT molecular complexity index is 122. The molecule has 0 aliphatic carbocycles. The predicted molar refractivity (Wildman–Crippen MR) is 53.1 cm³/mol. The Kier molecular flexibility index (Phi) is 3.53. The van der Waals surface area contributed by atoms with Crippen LogP contribution >= 0.6 is 0 Å². The van der Waals surface area contributed by atoms with Crippen LogP contribution in [0.15, 0.2) is 0 Å². The lowest BCUT2D eigenvalue weighted by molar-refractivity contribution is 0.0215. The van der Waals surface area contributed by atoms with Crippen LogP contribution in [0, 0.1) is 5.92 Å². The summed E-state index contributed by atoms with van der Waals surface area (Å²) in [6, 6.07) is 0.774. The standard InChI is InChI=1S/C10H22N2/c1-5-10-7-11(4)8-12(6-2)9(10)3/h9-10H,5-8H2,1-4H3. The summed E-state index contributed by atoms with van der Waals surface area (Å²) >= 11 is 0. The van der Waals surface area contributed by atoms with Gasteiger partial charge in [0.05, 0.1) is 6.67 Å². The summed E-state index contributed by atoms with van der Waals surface area (Å²) in [5, 5.41) is 0. The SMILES string of the molecule is CCC1CN(C)CN(CC)C1C. The summed E-state index contributed by atoms with van der Waals surface area (Å²) in [5.74, 6) is 0.865. The molecule has 2 heteroatoms. The highest BCUT2D eigenvalue weighted by molar-refractivity contribution is 4.80. The van der Waals surface area contributed by atoms with Gasteiger partial charge in [0.2, 0.25) is 0 Å². The van der Waals surface area contributed by atoms with Gasteiger partial charge in [-0.2, -0.15) is 0 Å². The molecule has 1 fully saturated rings. The molecule has 0 aromatic heterocycles. The van der Waals surface area contributed by atoms with Crippen molar-refractivity contribution in [2.24, 2.45) is 5.92 Å². The second-order valence-electron chi connectivity index (χ2n) is 3.99. The van der Waals surface area contributed by atoms with Gasteiger partial charge in [-0.05, 0) is 26.4 Å². The van der Waals surface area contributed by atoms with E-state index in [2.05, 4.69) is 37.6 Å². The van der Waals surface area contributed by atoms with E-state index in [1.54, 1.807) is 0 Å². The molecule has 0 N–H and O–H groups in total. The van der Waals surface area contributed by atoms with Crippen LogP contribution in [0.5, 0.6) is 0 Å². The third kappa shape index (κ3) is 1.99. The van der Waals surface area contributed by atoms with Crippen LogP contribution in [0.3, 0.4) is 0 Å². The van der Waals surface area contributed by atoms with Crippen molar-refractivity contribution in [3.8, 4) is 0 Å². The van der Waals surface area contributed by atoms with E-state index in [0.717, 1.165) is 18.6 Å². The zero-order valence-corrected chi connectivity index (χ0v) is 8.88. The van der Waals surface area contributed by atoms with Crippen molar-refractivity contribution in [2.75, 3.05) is 26.8 Å². The molecular formula is C10H22N2. The van der Waals surface area contributed by atoms with E-state index in [1.165, 1.54) is 19.5 Å². The normalized spacial score (nSPS) is 34.0. The van der Waals surface area contributed by atoms with Crippen LogP contribution in [0.25, 0.3) is 0 Å². The summed E-state index contributed by atoms with van der Waals surface area (Å²) in [5.41, 5.74) is 0. The maximum Gasteiger partial charge on any atom is 0.0506 e. The second kappa shape index (κ2) is 4.24. The van der Waals surface area contributed by atoms with Gasteiger partial charge in [-0.25, -0.2) is 0 Å². The van der Waals surface area contributed by atoms with Crippen molar-refractivity contribution in [3.05, 3.63) is 0 Å². The van der Waals surface area contributed by atoms with Gasteiger partial charge in [0.15, 0.2) is 0 Å². The van der Waals surface area contributed by atoms with Gasteiger partial charge in [0.1, 0.15) is 0 Å². The maximum absolute atomic E-state index is 2.55. The molecule has 0 radical (unpaired) electrons. The second-order valence-corrected chi connectivity index (χ2v) is 3.99. The molecule has 0 aromatic rings. The number of rotatable bonds is 2. The maximum atomic E-state index is 2.55. The van der Waals surface area contributed by atoms with E-state index in [4.69, 9.17) is 0 Å². The molecule has 2 atom stereocenters. The number of hydrogen-bond donors (Lipinski definition) is 0. The molecule has 2 unspecified atom stereocenters. The Morgan fingerprint density at radius 3 is 2.50 bits per heavy atom. The van der Waals surface area contributed by atoms with E-state index >= 15 is 0 Å². The molecule has 1 aliphatic heterocycles. The zero-order chi connectivity index (χ0) is 9.14. The molecule has 1 aliphatic rings. The number of nitrogens with zero attached hydrogens (tertiary/aromatic N) is 2. The monoisotopic (exact) mass is 170 g/mol. The highest BCUT2D eigenvalue weighted by Gasteiger charge is 2.27. The van der Waals surface area contributed by atoms with Gasteiger partial charge >= 0.3 is 0 Å². The first-order chi connectivity index (χ1) is 5.69. The molecule has 1 saturated heterocycles. The third-order valence-corrected chi connectivity index (χ3v) is 3.16. The van der Waals surface area contributed by atoms with E-state index in [-0.39, 0.29) is 0 Å². The van der Waals surface area contributed by atoms with Gasteiger partial charge < -0.3 is 0 Å². The average Bonchev–Trinajstić information content (AvgIpc) is 2.08. The smallest absolute Gasteiger partial charge is 0.0506 e. The van der Waals surface area contributed by atoms with Crippen LogP contribution in [0.1, 0.15) is 27.2 Å². The quantitative estimate of drug-likeness (QED) is 0.621. The number of hydrogen-bond acceptors (Lipinski definition) is 2. The fourth-order valence-corrected chi connectivity index (χ4v) is 2.21. The summed E-state index contributed by atoms with van der Waals surface area (Å²) in [6.07, 6.45) is 1.31. The zero-order valence-electron chi connectivity index (χ0n) is 8.88. The highest BCUT2D eigenvalue weighted by Crippen LogP contribution is 2.20. The Morgan fingerprint density at radius 2 is 2.00 bits per heavy atom. The average molecular weight is 170 g/mol. The van der Waals surface area contributed by atoms with Crippen LogP contribution < -0.4 is 0 Å². The van der Waals surface area contributed by atoms with Crippen molar-refractivity contribution < 1.29 is 0 Å². The van der Waals surface area contributed by atoms with E-state index in [9.17, 15) is 0 Å². The van der Waals surface area contributed by atoms with Crippen molar-refractivity contribution in [2.45, 2.75) is 33.2 Å². The minimum Gasteiger partial charge on any atom is -0.293 e. The first-order valence-corrected chi connectivity index (χ1v) is 5.11. The fourth-order valence-electron chi connectivity index (χ4n) is 2.21. The first kappa shape index (κ1) is 10.0. The largest absolute Gasteiger partial charge is 0.293 e. The minimum atomic E-state index is 0.774. The Hall–Kier alpha value is -0.0800. The Balaban J connectivity index is 2.55. The summed E-state index contributed by atoms with van der Waals surface area (Å²) in [4.78, 5) is 4.98. The van der Waals surface area contributed by atoms with Crippen LogP contribution in [0.2, 0.25) is 0 Å². The highest BCUT2D eigenvalue weighted by atomic mass is 15.3. The predicted octanol–water partition coefficient (Wildman–Crippen LogP) is 1.63. The van der Waals surface area contributed by atoms with E-state index in [1.807, 2.05) is 0 Å². The van der Waals surface area contributed by atoms with Crippen LogP contribution in [-0.2, 0) is 0 Å². The molecule has 1 heterocycles. The molecule has 1 rings (SSSR count). The topological polar surface area (TPSA) is 6.48 Å². The molecular weight excluding hydrogens is 148 g/mol. The third-order valence-electron chi connectivity index (χ3n) is 3.16. The molecule has 0 spiro atoms. The minimum absolute atomic E-state index is 0.774. The van der Waals surface area contributed by atoms with Gasteiger partial charge in [0.25, 0.3) is 0 Å². The van der Waals surface area contributed by atoms with Crippen molar-refractivity contribution in [3.63, 3.8) is 0 Å². The van der Waals surface area contributed by atoms with Gasteiger partial charge in [-0.3, -0.25) is 9.80 Å². The first-order valence-electron chi connectivity index (χ1n) is 5.11. The molecule has 0 amide bonds. The van der Waals surface area contributed by atoms with E-state index < -0.39 is 0 Å². The van der Waals surface area contributed by atoms with Crippen molar-refractivity contribution in [1.82, 2.24) is 9.80 Å². The lowest BCUT2D eigenvalue weighted by Gasteiger charge is -2.43. The van der Waals surface area contributed by atoms with Crippen molar-refractivity contribution >= 4 is 0 Å². The summed E-state index contributed by atoms with van der Waals surface area (Å²) in [7, 11) is 2.22. The molecule has 12 heavy (non-hydrogen) atoms. The van der Waals surface area contributed by atoms with E-state index in [0.29, 0.717) is 0 Å². The molecule has 72 valence electrons. The summed E-state index contributed by atoms with van der Waals surface area (Å²) in [6.45, 7) is 10.5. The molecule has 0 bridgehead atoms. The Labute approximate surface area is 76.5 Å². The van der Waals surface area contributed by atoms with Crippen LogP contribution in [-0.4, -0.2) is 42.6 Å². The molecule has 0 aromatic carbocycles. The molecule has 2 nitrogen and oxygen atoms in total. The van der Waals surface area contributed by atoms with Crippen LogP contribution in [0.4, 0.5) is 0 Å².